The van der Waals surface area contributed by atoms with E-state index in [1.165, 1.54) is 19.4 Å². The van der Waals surface area contributed by atoms with Gasteiger partial charge in [-0.25, -0.2) is 17.7 Å². The van der Waals surface area contributed by atoms with Crippen LogP contribution in [0.25, 0.3) is 11.0 Å². The smallest absolute Gasteiger partial charge is 0.382 e. The third-order valence-corrected chi connectivity index (χ3v) is 14.9. The summed E-state index contributed by atoms with van der Waals surface area (Å²) in [7, 11) is -5.51. The van der Waals surface area contributed by atoms with Gasteiger partial charge < -0.3 is 14.1 Å². The minimum absolute atomic E-state index is 0.0153. The molecule has 0 fully saturated rings. The van der Waals surface area contributed by atoms with Crippen LogP contribution >= 0.6 is 11.6 Å². The van der Waals surface area contributed by atoms with Crippen molar-refractivity contribution in [3.63, 3.8) is 0 Å². The number of aliphatic hydroxyl groups excluding tert-OH is 1. The van der Waals surface area contributed by atoms with Crippen LogP contribution in [0.15, 0.2) is 66.0 Å². The summed E-state index contributed by atoms with van der Waals surface area (Å²) in [4.78, 5) is 8.26. The van der Waals surface area contributed by atoms with Crippen molar-refractivity contribution in [2.75, 3.05) is 18.1 Å². The van der Waals surface area contributed by atoms with Gasteiger partial charge in [0.25, 0.3) is 10.0 Å². The number of aromatic nitrogens is 3. The standard InChI is InChI=1S/C28H32ClF3N4O4SSi/c1-27(2,3)42(5,6)36-13-11-22-21(10-12-33-26(22)36)25(37)24-23(15-19(29)16-34-24)35(17-40-4)41(38,39)20-9-7-8-18(14-20)28(30,31)32/h7-16,25,37H,17H2,1-6H3. The molecule has 3 aromatic heterocycles. The van der Waals surface area contributed by atoms with Crippen LogP contribution in [0.3, 0.4) is 0 Å². The number of pyridine rings is 2. The number of nitrogens with zero attached hydrogens (tertiary/aromatic N) is 4. The van der Waals surface area contributed by atoms with Crippen LogP contribution in [-0.4, -0.2) is 49.8 Å². The number of ether oxygens (including phenoxy) is 1. The van der Waals surface area contributed by atoms with Crippen molar-refractivity contribution in [2.24, 2.45) is 0 Å². The second-order valence-corrected chi connectivity index (χ2v) is 18.8. The highest BCUT2D eigenvalue weighted by Gasteiger charge is 2.39. The average Bonchev–Trinajstić information content (AvgIpc) is 3.35. The number of hydrogen-bond donors (Lipinski definition) is 1. The van der Waals surface area contributed by atoms with Crippen molar-refractivity contribution in [2.45, 2.75) is 56.1 Å². The molecule has 0 amide bonds. The average molecular weight is 641 g/mol. The molecule has 1 aromatic carbocycles. The Morgan fingerprint density at radius 2 is 1.81 bits per heavy atom. The molecule has 1 unspecified atom stereocenters. The van der Waals surface area contributed by atoms with Gasteiger partial charge in [0.1, 0.15) is 18.5 Å². The van der Waals surface area contributed by atoms with Gasteiger partial charge in [0.05, 0.1) is 26.9 Å². The van der Waals surface area contributed by atoms with E-state index in [2.05, 4.69) is 48.1 Å². The van der Waals surface area contributed by atoms with Crippen LogP contribution in [0.1, 0.15) is 43.7 Å². The van der Waals surface area contributed by atoms with Gasteiger partial charge in [0, 0.05) is 24.9 Å². The predicted molar refractivity (Wildman–Crippen MR) is 159 cm³/mol. The monoisotopic (exact) mass is 640 g/mol. The molecule has 0 bridgehead atoms. The molecule has 0 aliphatic carbocycles. The number of fused-ring (bicyclic) bond motifs is 1. The zero-order valence-corrected chi connectivity index (χ0v) is 26.5. The van der Waals surface area contributed by atoms with E-state index in [4.69, 9.17) is 16.3 Å². The molecule has 4 rings (SSSR count). The molecular formula is C28H32ClF3N4O4SSi. The third kappa shape index (κ3) is 5.80. The van der Waals surface area contributed by atoms with Crippen molar-refractivity contribution in [1.29, 1.82) is 0 Å². The second kappa shape index (κ2) is 11.3. The maximum atomic E-state index is 13.8. The number of rotatable bonds is 8. The summed E-state index contributed by atoms with van der Waals surface area (Å²) in [6.07, 6.45) is -1.45. The van der Waals surface area contributed by atoms with Gasteiger partial charge in [0.15, 0.2) is 8.24 Å². The second-order valence-electron chi connectivity index (χ2n) is 11.4. The number of aliphatic hydroxyl groups is 1. The molecule has 0 saturated carbocycles. The summed E-state index contributed by atoms with van der Waals surface area (Å²) in [6.45, 7) is 10.4. The molecule has 0 aliphatic heterocycles. The summed E-state index contributed by atoms with van der Waals surface area (Å²) in [5.74, 6) is 0. The summed E-state index contributed by atoms with van der Waals surface area (Å²) < 4.78 is 75.8. The number of alkyl halides is 3. The van der Waals surface area contributed by atoms with Crippen LogP contribution in [0, 0.1) is 0 Å². The number of halogens is 4. The molecule has 0 radical (unpaired) electrons. The Balaban J connectivity index is 1.88. The first kappa shape index (κ1) is 32.0. The fourth-order valence-corrected chi connectivity index (χ4v) is 7.91. The Labute approximate surface area is 248 Å². The van der Waals surface area contributed by atoms with Crippen molar-refractivity contribution in [3.8, 4) is 0 Å². The number of methoxy groups -OCH3 is 1. The molecule has 1 atom stereocenters. The Morgan fingerprint density at radius 1 is 1.12 bits per heavy atom. The molecule has 226 valence electrons. The molecule has 3 heterocycles. The summed E-state index contributed by atoms with van der Waals surface area (Å²) >= 11 is 6.22. The summed E-state index contributed by atoms with van der Waals surface area (Å²) in [5, 5.41) is 12.4. The van der Waals surface area contributed by atoms with E-state index in [9.17, 15) is 26.7 Å². The highest BCUT2D eigenvalue weighted by Crippen LogP contribution is 2.41. The van der Waals surface area contributed by atoms with Crippen LogP contribution in [-0.2, 0) is 20.9 Å². The van der Waals surface area contributed by atoms with Crippen molar-refractivity contribution < 1.29 is 31.4 Å². The molecule has 42 heavy (non-hydrogen) atoms. The Morgan fingerprint density at radius 3 is 2.43 bits per heavy atom. The lowest BCUT2D eigenvalue weighted by molar-refractivity contribution is -0.137. The molecular weight excluding hydrogens is 609 g/mol. The highest BCUT2D eigenvalue weighted by atomic mass is 35.5. The molecule has 4 aromatic rings. The number of hydrogen-bond acceptors (Lipinski definition) is 6. The molecule has 14 heteroatoms. The minimum atomic E-state index is -4.76. The van der Waals surface area contributed by atoms with E-state index in [-0.39, 0.29) is 21.4 Å². The summed E-state index contributed by atoms with van der Waals surface area (Å²) in [5.41, 5.74) is -0.278. The molecule has 8 nitrogen and oxygen atoms in total. The van der Waals surface area contributed by atoms with Gasteiger partial charge in [-0.05, 0) is 53.2 Å². The van der Waals surface area contributed by atoms with Gasteiger partial charge in [-0.1, -0.05) is 51.5 Å². The summed E-state index contributed by atoms with van der Waals surface area (Å²) in [6, 6.07) is 8.12. The number of sulfonamides is 1. The normalized spacial score (nSPS) is 13.9. The van der Waals surface area contributed by atoms with Gasteiger partial charge in [-0.2, -0.15) is 13.2 Å². The van der Waals surface area contributed by atoms with Crippen LogP contribution in [0.4, 0.5) is 18.9 Å². The molecule has 1 N–H and O–H groups in total. The third-order valence-electron chi connectivity index (χ3n) is 7.74. The van der Waals surface area contributed by atoms with Crippen molar-refractivity contribution >= 4 is 46.6 Å². The largest absolute Gasteiger partial charge is 0.416 e. The van der Waals surface area contributed by atoms with E-state index < -0.39 is 47.7 Å². The topological polar surface area (TPSA) is 97.6 Å². The van der Waals surface area contributed by atoms with E-state index in [1.54, 1.807) is 12.3 Å². The van der Waals surface area contributed by atoms with Crippen molar-refractivity contribution in [3.05, 3.63) is 82.9 Å². The first-order valence-electron chi connectivity index (χ1n) is 12.9. The Hall–Kier alpha value is -2.97. The molecule has 0 saturated heterocycles. The first-order chi connectivity index (χ1) is 19.4. The van der Waals surface area contributed by atoms with E-state index >= 15 is 0 Å². The molecule has 0 spiro atoms. The number of anilines is 1. The fourth-order valence-electron chi connectivity index (χ4n) is 4.45. The SMILES string of the molecule is COCN(c1cc(Cl)cnc1C(O)c1ccnc2c1ccn2[Si](C)(C)C(C)(C)C)S(=O)(=O)c1cccc(C(F)(F)F)c1. The lowest BCUT2D eigenvalue weighted by atomic mass is 10.0. The van der Waals surface area contributed by atoms with Gasteiger partial charge in [-0.3, -0.25) is 4.98 Å². The van der Waals surface area contributed by atoms with E-state index in [0.29, 0.717) is 22.7 Å². The first-order valence-corrected chi connectivity index (χ1v) is 17.7. The van der Waals surface area contributed by atoms with Gasteiger partial charge in [0.2, 0.25) is 0 Å². The lowest BCUT2D eigenvalue weighted by Crippen LogP contribution is -2.45. The van der Waals surface area contributed by atoms with Crippen LogP contribution in [0.5, 0.6) is 0 Å². The van der Waals surface area contributed by atoms with E-state index in [1.807, 2.05) is 12.3 Å². The lowest BCUT2D eigenvalue weighted by Gasteiger charge is -2.38. The Bertz CT molecular complexity index is 1720. The van der Waals surface area contributed by atoms with Gasteiger partial charge >= 0.3 is 6.18 Å². The van der Waals surface area contributed by atoms with Crippen LogP contribution < -0.4 is 4.31 Å². The molecule has 0 aliphatic rings. The predicted octanol–water partition coefficient (Wildman–Crippen LogP) is 6.84. The number of benzene rings is 1. The quantitative estimate of drug-likeness (QED) is 0.167. The maximum Gasteiger partial charge on any atom is 0.416 e. The highest BCUT2D eigenvalue weighted by molar-refractivity contribution is 7.92. The Kier molecular flexibility index (Phi) is 8.57. The van der Waals surface area contributed by atoms with E-state index in [0.717, 1.165) is 22.5 Å². The van der Waals surface area contributed by atoms with Gasteiger partial charge in [-0.15, -0.1) is 0 Å². The minimum Gasteiger partial charge on any atom is -0.382 e. The zero-order valence-electron chi connectivity index (χ0n) is 23.9. The van der Waals surface area contributed by atoms with Crippen molar-refractivity contribution in [1.82, 2.24) is 14.2 Å². The zero-order chi connectivity index (χ0) is 31.3. The maximum absolute atomic E-state index is 13.8. The van der Waals surface area contributed by atoms with Crippen LogP contribution in [0.2, 0.25) is 23.2 Å². The fraction of sp³-hybridized carbons (Fsp3) is 0.357.